The Morgan fingerprint density at radius 1 is 1.29 bits per heavy atom. The minimum atomic E-state index is 0.0155. The van der Waals surface area contributed by atoms with Gasteiger partial charge in [0.05, 0.1) is 0 Å². The van der Waals surface area contributed by atoms with Crippen molar-refractivity contribution in [2.75, 3.05) is 20.4 Å². The zero-order chi connectivity index (χ0) is 14.8. The summed E-state index contributed by atoms with van der Waals surface area (Å²) in [5, 5.41) is 0. The van der Waals surface area contributed by atoms with E-state index < -0.39 is 0 Å². The fourth-order valence-electron chi connectivity index (χ4n) is 3.51. The van der Waals surface area contributed by atoms with Gasteiger partial charge < -0.3 is 20.1 Å². The van der Waals surface area contributed by atoms with Crippen molar-refractivity contribution in [3.8, 4) is 11.5 Å². The molecule has 3 atom stereocenters. The van der Waals surface area contributed by atoms with Crippen molar-refractivity contribution < 1.29 is 9.47 Å². The van der Waals surface area contributed by atoms with Crippen LogP contribution in [0.4, 0.5) is 0 Å². The summed E-state index contributed by atoms with van der Waals surface area (Å²) in [5.74, 6) is 2.48. The van der Waals surface area contributed by atoms with E-state index in [2.05, 4.69) is 24.9 Å². The summed E-state index contributed by atoms with van der Waals surface area (Å²) in [5.41, 5.74) is 7.51. The molecule has 4 nitrogen and oxygen atoms in total. The number of hydrogen-bond donors (Lipinski definition) is 1. The highest BCUT2D eigenvalue weighted by atomic mass is 16.7. The molecule has 1 aliphatic carbocycles. The fourth-order valence-corrected chi connectivity index (χ4v) is 3.51. The number of fused-ring (bicyclic) bond motifs is 1. The number of rotatable bonds is 4. The lowest BCUT2D eigenvalue weighted by molar-refractivity contribution is 0.156. The van der Waals surface area contributed by atoms with Crippen LogP contribution in [0.25, 0.3) is 0 Å². The van der Waals surface area contributed by atoms with Crippen LogP contribution < -0.4 is 15.2 Å². The molecule has 21 heavy (non-hydrogen) atoms. The Morgan fingerprint density at radius 2 is 2.10 bits per heavy atom. The molecule has 1 fully saturated rings. The molecule has 1 saturated carbocycles. The van der Waals surface area contributed by atoms with Gasteiger partial charge in [-0.2, -0.15) is 0 Å². The Morgan fingerprint density at radius 3 is 2.90 bits per heavy atom. The number of benzene rings is 1. The van der Waals surface area contributed by atoms with Gasteiger partial charge in [-0.3, -0.25) is 0 Å². The first-order valence-electron chi connectivity index (χ1n) is 7.99. The second kappa shape index (κ2) is 6.24. The maximum absolute atomic E-state index is 6.39. The number of nitrogens with two attached hydrogens (primary N) is 1. The smallest absolute Gasteiger partial charge is 0.231 e. The van der Waals surface area contributed by atoms with E-state index in [0.717, 1.165) is 29.5 Å². The van der Waals surface area contributed by atoms with E-state index >= 15 is 0 Å². The molecule has 2 aliphatic rings. The molecular formula is C17H26N2O2. The highest BCUT2D eigenvalue weighted by Gasteiger charge is 2.24. The molecule has 1 aromatic rings. The van der Waals surface area contributed by atoms with Crippen LogP contribution in [0.5, 0.6) is 11.5 Å². The van der Waals surface area contributed by atoms with E-state index in [1.165, 1.54) is 25.7 Å². The number of hydrogen-bond acceptors (Lipinski definition) is 4. The largest absolute Gasteiger partial charge is 0.454 e. The Balaban J connectivity index is 1.61. The molecule has 1 aromatic carbocycles. The van der Waals surface area contributed by atoms with Crippen molar-refractivity contribution >= 4 is 0 Å². The third-order valence-electron chi connectivity index (χ3n) is 4.84. The second-order valence-corrected chi connectivity index (χ2v) is 6.58. The summed E-state index contributed by atoms with van der Waals surface area (Å²) in [6.07, 6.45) is 5.31. The average Bonchev–Trinajstić information content (AvgIpc) is 2.94. The van der Waals surface area contributed by atoms with Crippen molar-refractivity contribution in [2.24, 2.45) is 11.7 Å². The second-order valence-electron chi connectivity index (χ2n) is 6.58. The molecule has 3 unspecified atom stereocenters. The molecule has 0 aromatic heterocycles. The standard InChI is InChI=1S/C17H26N2O2/c1-12-4-3-5-14(8-12)19(2)10-15(18)13-6-7-16-17(9-13)21-11-20-16/h6-7,9,12,14-15H,3-5,8,10-11,18H2,1-2H3. The average molecular weight is 290 g/mol. The first-order valence-corrected chi connectivity index (χ1v) is 7.99. The SMILES string of the molecule is CC1CCCC(N(C)CC(N)c2ccc3c(c2)OCO3)C1. The van der Waals surface area contributed by atoms with Crippen LogP contribution in [0.3, 0.4) is 0 Å². The fraction of sp³-hybridized carbons (Fsp3) is 0.647. The van der Waals surface area contributed by atoms with Gasteiger partial charge >= 0.3 is 0 Å². The highest BCUT2D eigenvalue weighted by molar-refractivity contribution is 5.45. The Hall–Kier alpha value is -1.26. The monoisotopic (exact) mass is 290 g/mol. The van der Waals surface area contributed by atoms with Crippen molar-refractivity contribution in [2.45, 2.75) is 44.7 Å². The first kappa shape index (κ1) is 14.7. The summed E-state index contributed by atoms with van der Waals surface area (Å²) >= 11 is 0. The number of nitrogens with zero attached hydrogens (tertiary/aromatic N) is 1. The van der Waals surface area contributed by atoms with Crippen molar-refractivity contribution in [1.82, 2.24) is 4.90 Å². The minimum absolute atomic E-state index is 0.0155. The third kappa shape index (κ3) is 3.33. The van der Waals surface area contributed by atoms with Crippen LogP contribution in [-0.4, -0.2) is 31.3 Å². The van der Waals surface area contributed by atoms with Gasteiger partial charge in [0.1, 0.15) is 0 Å². The van der Waals surface area contributed by atoms with Crippen molar-refractivity contribution in [1.29, 1.82) is 0 Å². The van der Waals surface area contributed by atoms with Gasteiger partial charge in [0.25, 0.3) is 0 Å². The Bertz CT molecular complexity index is 492. The lowest BCUT2D eigenvalue weighted by Crippen LogP contribution is -2.39. The topological polar surface area (TPSA) is 47.7 Å². The first-order chi connectivity index (χ1) is 10.1. The summed E-state index contributed by atoms with van der Waals surface area (Å²) in [7, 11) is 2.20. The van der Waals surface area contributed by atoms with E-state index in [-0.39, 0.29) is 6.04 Å². The maximum atomic E-state index is 6.39. The summed E-state index contributed by atoms with van der Waals surface area (Å²) < 4.78 is 10.8. The lowest BCUT2D eigenvalue weighted by atomic mass is 9.86. The van der Waals surface area contributed by atoms with Crippen LogP contribution in [0.2, 0.25) is 0 Å². The summed E-state index contributed by atoms with van der Waals surface area (Å²) in [4.78, 5) is 2.44. The van der Waals surface area contributed by atoms with Crippen LogP contribution in [0.1, 0.15) is 44.2 Å². The zero-order valence-corrected chi connectivity index (χ0v) is 13.0. The number of likely N-dealkylation sites (N-methyl/N-ethyl adjacent to an activating group) is 1. The predicted octanol–water partition coefficient (Wildman–Crippen LogP) is 2.93. The molecular weight excluding hydrogens is 264 g/mol. The van der Waals surface area contributed by atoms with E-state index in [4.69, 9.17) is 15.2 Å². The molecule has 0 radical (unpaired) electrons. The Kier molecular flexibility index (Phi) is 4.36. The van der Waals surface area contributed by atoms with Crippen molar-refractivity contribution in [3.05, 3.63) is 23.8 Å². The van der Waals surface area contributed by atoms with Gasteiger partial charge in [0, 0.05) is 18.6 Å². The molecule has 4 heteroatoms. The van der Waals surface area contributed by atoms with Gasteiger partial charge in [-0.15, -0.1) is 0 Å². The molecule has 0 saturated heterocycles. The summed E-state index contributed by atoms with van der Waals surface area (Å²) in [6.45, 7) is 3.56. The minimum Gasteiger partial charge on any atom is -0.454 e. The molecule has 0 amide bonds. The van der Waals surface area contributed by atoms with Gasteiger partial charge in [0.15, 0.2) is 11.5 Å². The lowest BCUT2D eigenvalue weighted by Gasteiger charge is -2.35. The maximum Gasteiger partial charge on any atom is 0.231 e. The van der Waals surface area contributed by atoms with Crippen LogP contribution in [0, 0.1) is 5.92 Å². The van der Waals surface area contributed by atoms with Crippen LogP contribution in [0.15, 0.2) is 18.2 Å². The molecule has 116 valence electrons. The van der Waals surface area contributed by atoms with Gasteiger partial charge in [-0.1, -0.05) is 25.8 Å². The van der Waals surface area contributed by atoms with Gasteiger partial charge in [0.2, 0.25) is 6.79 Å². The normalized spacial score (nSPS) is 26.1. The Labute approximate surface area is 127 Å². The van der Waals surface area contributed by atoms with Crippen LogP contribution >= 0.6 is 0 Å². The van der Waals surface area contributed by atoms with E-state index in [1.54, 1.807) is 0 Å². The van der Waals surface area contributed by atoms with E-state index in [0.29, 0.717) is 12.8 Å². The summed E-state index contributed by atoms with van der Waals surface area (Å²) in [6, 6.07) is 6.72. The molecule has 2 N–H and O–H groups in total. The highest BCUT2D eigenvalue weighted by Crippen LogP contribution is 2.34. The molecule has 1 aliphatic heterocycles. The zero-order valence-electron chi connectivity index (χ0n) is 13.0. The van der Waals surface area contributed by atoms with Crippen molar-refractivity contribution in [3.63, 3.8) is 0 Å². The quantitative estimate of drug-likeness (QED) is 0.926. The molecule has 0 bridgehead atoms. The van der Waals surface area contributed by atoms with E-state index in [9.17, 15) is 0 Å². The van der Waals surface area contributed by atoms with Crippen LogP contribution in [-0.2, 0) is 0 Å². The van der Waals surface area contributed by atoms with E-state index in [1.807, 2.05) is 12.1 Å². The number of ether oxygens (including phenoxy) is 2. The third-order valence-corrected chi connectivity index (χ3v) is 4.84. The molecule has 3 rings (SSSR count). The predicted molar refractivity (Wildman–Crippen MR) is 83.5 cm³/mol. The van der Waals surface area contributed by atoms with Gasteiger partial charge in [-0.05, 0) is 43.5 Å². The molecule has 0 spiro atoms. The molecule has 1 heterocycles. The van der Waals surface area contributed by atoms with Gasteiger partial charge in [-0.25, -0.2) is 0 Å².